The lowest BCUT2D eigenvalue weighted by molar-refractivity contribution is -0.128. The summed E-state index contributed by atoms with van der Waals surface area (Å²) in [4.78, 5) is 23.6. The van der Waals surface area contributed by atoms with Gasteiger partial charge in [-0.15, -0.1) is 0 Å². The van der Waals surface area contributed by atoms with Crippen molar-refractivity contribution < 1.29 is 9.59 Å². The first-order chi connectivity index (χ1) is 7.75. The van der Waals surface area contributed by atoms with Gasteiger partial charge < -0.3 is 0 Å². The van der Waals surface area contributed by atoms with Crippen LogP contribution in [0.1, 0.15) is 24.0 Å². The number of hydrogen-bond donors (Lipinski definition) is 0. The quantitative estimate of drug-likeness (QED) is 0.660. The Morgan fingerprint density at radius 1 is 1.06 bits per heavy atom. The summed E-state index contributed by atoms with van der Waals surface area (Å²) in [5.74, 6) is 0.204. The molecule has 2 aliphatic carbocycles. The van der Waals surface area contributed by atoms with Crippen LogP contribution >= 0.6 is 0 Å². The SMILES string of the molecule is O=C1CCC(=O)C2Cc3ccccc3C=C12. The fourth-order valence-electron chi connectivity index (χ4n) is 2.58. The fourth-order valence-corrected chi connectivity index (χ4v) is 2.58. The molecule has 0 radical (unpaired) electrons. The first-order valence-corrected chi connectivity index (χ1v) is 5.61. The fraction of sp³-hybridized carbons (Fsp3) is 0.286. The Bertz CT molecular complexity index is 511. The highest BCUT2D eigenvalue weighted by Crippen LogP contribution is 2.34. The van der Waals surface area contributed by atoms with Gasteiger partial charge in [-0.05, 0) is 23.6 Å². The average molecular weight is 212 g/mol. The highest BCUT2D eigenvalue weighted by Gasteiger charge is 2.34. The Balaban J connectivity index is 2.12. The van der Waals surface area contributed by atoms with Gasteiger partial charge in [0.05, 0.1) is 5.92 Å². The van der Waals surface area contributed by atoms with E-state index in [2.05, 4.69) is 0 Å². The summed E-state index contributed by atoms with van der Waals surface area (Å²) in [5.41, 5.74) is 3.01. The van der Waals surface area contributed by atoms with Gasteiger partial charge in [0, 0.05) is 18.4 Å². The van der Waals surface area contributed by atoms with E-state index in [-0.39, 0.29) is 17.5 Å². The van der Waals surface area contributed by atoms with Gasteiger partial charge in [-0.3, -0.25) is 9.59 Å². The number of rotatable bonds is 0. The molecule has 0 spiro atoms. The van der Waals surface area contributed by atoms with Crippen molar-refractivity contribution in [1.29, 1.82) is 0 Å². The summed E-state index contributed by atoms with van der Waals surface area (Å²) in [7, 11) is 0. The maximum Gasteiger partial charge on any atom is 0.160 e. The summed E-state index contributed by atoms with van der Waals surface area (Å²) in [6.45, 7) is 0. The number of fused-ring (bicyclic) bond motifs is 2. The molecule has 1 atom stereocenters. The number of Topliss-reactive ketones (excluding diaryl/α,β-unsaturated/α-hetero) is 2. The molecule has 2 heteroatoms. The number of allylic oxidation sites excluding steroid dienone is 1. The first kappa shape index (κ1) is 9.52. The molecule has 0 aliphatic heterocycles. The molecule has 0 saturated heterocycles. The molecule has 80 valence electrons. The van der Waals surface area contributed by atoms with Crippen LogP contribution in [0, 0.1) is 5.92 Å². The Morgan fingerprint density at radius 2 is 1.88 bits per heavy atom. The van der Waals surface area contributed by atoms with Crippen LogP contribution in [0.15, 0.2) is 29.8 Å². The minimum absolute atomic E-state index is 0.152. The summed E-state index contributed by atoms with van der Waals surface area (Å²) < 4.78 is 0. The summed E-state index contributed by atoms with van der Waals surface area (Å²) in [5, 5.41) is 0. The molecule has 1 unspecified atom stereocenters. The van der Waals surface area contributed by atoms with Crippen molar-refractivity contribution >= 4 is 17.6 Å². The van der Waals surface area contributed by atoms with Crippen molar-refractivity contribution in [2.24, 2.45) is 5.92 Å². The first-order valence-electron chi connectivity index (χ1n) is 5.61. The van der Waals surface area contributed by atoms with Crippen LogP contribution in [0.25, 0.3) is 6.08 Å². The van der Waals surface area contributed by atoms with Crippen molar-refractivity contribution in [1.82, 2.24) is 0 Å². The molecule has 2 nitrogen and oxygen atoms in total. The van der Waals surface area contributed by atoms with Crippen LogP contribution in [0.5, 0.6) is 0 Å². The molecular weight excluding hydrogens is 200 g/mol. The van der Waals surface area contributed by atoms with E-state index in [9.17, 15) is 9.59 Å². The predicted octanol–water partition coefficient (Wildman–Crippen LogP) is 2.17. The van der Waals surface area contributed by atoms with Gasteiger partial charge in [0.25, 0.3) is 0 Å². The third-order valence-corrected chi connectivity index (χ3v) is 3.47. The molecule has 1 saturated carbocycles. The summed E-state index contributed by atoms with van der Waals surface area (Å²) >= 11 is 0. The van der Waals surface area contributed by atoms with E-state index >= 15 is 0 Å². The molecule has 0 amide bonds. The van der Waals surface area contributed by atoms with Crippen molar-refractivity contribution in [2.75, 3.05) is 0 Å². The van der Waals surface area contributed by atoms with Crippen LogP contribution < -0.4 is 0 Å². The second-order valence-corrected chi connectivity index (χ2v) is 4.44. The minimum atomic E-state index is -0.170. The van der Waals surface area contributed by atoms with Gasteiger partial charge in [0.1, 0.15) is 5.78 Å². The highest BCUT2D eigenvalue weighted by molar-refractivity contribution is 6.10. The molecule has 1 aromatic carbocycles. The van der Waals surface area contributed by atoms with Crippen LogP contribution in [-0.4, -0.2) is 11.6 Å². The van der Waals surface area contributed by atoms with Crippen molar-refractivity contribution in [3.05, 3.63) is 41.0 Å². The van der Waals surface area contributed by atoms with Crippen molar-refractivity contribution in [3.63, 3.8) is 0 Å². The Hall–Kier alpha value is -1.70. The van der Waals surface area contributed by atoms with E-state index < -0.39 is 0 Å². The standard InChI is InChI=1S/C14H12O2/c15-13-5-6-14(16)12-8-10-4-2-1-3-9(10)7-11(12)13/h1-4,7,12H,5-6,8H2. The Morgan fingerprint density at radius 3 is 2.75 bits per heavy atom. The second kappa shape index (κ2) is 3.41. The number of hydrogen-bond acceptors (Lipinski definition) is 2. The van der Waals surface area contributed by atoms with E-state index in [1.807, 2.05) is 30.3 Å². The molecule has 2 aliphatic rings. The molecule has 1 fully saturated rings. The van der Waals surface area contributed by atoms with Gasteiger partial charge in [-0.2, -0.15) is 0 Å². The third kappa shape index (κ3) is 1.33. The van der Waals surface area contributed by atoms with Crippen LogP contribution in [0.3, 0.4) is 0 Å². The Kier molecular flexibility index (Phi) is 2.03. The number of carbonyl (C=O) groups excluding carboxylic acids is 2. The summed E-state index contributed by atoms with van der Waals surface area (Å²) in [6.07, 6.45) is 3.42. The number of carbonyl (C=O) groups is 2. The topological polar surface area (TPSA) is 34.1 Å². The normalized spacial score (nSPS) is 23.5. The van der Waals surface area contributed by atoms with E-state index in [4.69, 9.17) is 0 Å². The molecule has 3 rings (SSSR count). The molecule has 16 heavy (non-hydrogen) atoms. The third-order valence-electron chi connectivity index (χ3n) is 3.47. The zero-order chi connectivity index (χ0) is 11.1. The van der Waals surface area contributed by atoms with Gasteiger partial charge in [-0.1, -0.05) is 24.3 Å². The van der Waals surface area contributed by atoms with Crippen LogP contribution in [0.4, 0.5) is 0 Å². The van der Waals surface area contributed by atoms with Crippen LogP contribution in [-0.2, 0) is 16.0 Å². The van der Waals surface area contributed by atoms with Gasteiger partial charge in [0.2, 0.25) is 0 Å². The maximum absolute atomic E-state index is 11.8. The lowest BCUT2D eigenvalue weighted by Gasteiger charge is -2.27. The van der Waals surface area contributed by atoms with Crippen LogP contribution in [0.2, 0.25) is 0 Å². The number of ketones is 2. The Labute approximate surface area is 94.0 Å². The van der Waals surface area contributed by atoms with E-state index in [1.54, 1.807) is 0 Å². The molecule has 0 aromatic heterocycles. The smallest absolute Gasteiger partial charge is 0.160 e. The molecule has 0 heterocycles. The zero-order valence-electron chi connectivity index (χ0n) is 8.90. The largest absolute Gasteiger partial charge is 0.299 e. The number of benzene rings is 1. The molecule has 0 N–H and O–H groups in total. The molecular formula is C14H12O2. The summed E-state index contributed by atoms with van der Waals surface area (Å²) in [6, 6.07) is 7.98. The van der Waals surface area contributed by atoms with E-state index in [0.717, 1.165) is 11.1 Å². The van der Waals surface area contributed by atoms with Gasteiger partial charge in [-0.25, -0.2) is 0 Å². The predicted molar refractivity (Wildman–Crippen MR) is 60.9 cm³/mol. The average Bonchev–Trinajstić information content (AvgIpc) is 2.32. The molecule has 0 bridgehead atoms. The lowest BCUT2D eigenvalue weighted by atomic mass is 9.74. The zero-order valence-corrected chi connectivity index (χ0v) is 8.90. The van der Waals surface area contributed by atoms with Crippen molar-refractivity contribution in [3.8, 4) is 0 Å². The lowest BCUT2D eigenvalue weighted by Crippen LogP contribution is -2.31. The highest BCUT2D eigenvalue weighted by atomic mass is 16.1. The van der Waals surface area contributed by atoms with Crippen molar-refractivity contribution in [2.45, 2.75) is 19.3 Å². The monoisotopic (exact) mass is 212 g/mol. The van der Waals surface area contributed by atoms with Gasteiger partial charge >= 0.3 is 0 Å². The van der Waals surface area contributed by atoms with E-state index in [1.165, 1.54) is 5.56 Å². The second-order valence-electron chi connectivity index (χ2n) is 4.44. The van der Waals surface area contributed by atoms with E-state index in [0.29, 0.717) is 19.3 Å². The minimum Gasteiger partial charge on any atom is -0.299 e. The maximum atomic E-state index is 11.8. The molecule has 1 aromatic rings. The van der Waals surface area contributed by atoms with Gasteiger partial charge in [0.15, 0.2) is 5.78 Å².